The third kappa shape index (κ3) is 3.45. The number of rotatable bonds is 4. The second-order valence-corrected chi connectivity index (χ2v) is 6.72. The Morgan fingerprint density at radius 3 is 2.52 bits per heavy atom. The number of hydrogen-bond acceptors (Lipinski definition) is 4. The van der Waals surface area contributed by atoms with Gasteiger partial charge in [-0.05, 0) is 57.0 Å². The van der Waals surface area contributed by atoms with Gasteiger partial charge in [0.1, 0.15) is 0 Å². The summed E-state index contributed by atoms with van der Waals surface area (Å²) >= 11 is 1.81. The molecule has 0 bridgehead atoms. The molecule has 0 aliphatic rings. The van der Waals surface area contributed by atoms with Crippen LogP contribution in [-0.4, -0.2) is 13.1 Å². The summed E-state index contributed by atoms with van der Waals surface area (Å²) in [6.07, 6.45) is 0. The molecule has 1 atom stereocenters. The van der Waals surface area contributed by atoms with Gasteiger partial charge < -0.3 is 10.1 Å². The minimum absolute atomic E-state index is 0.196. The number of carbonyl (C=O) groups is 1. The van der Waals surface area contributed by atoms with Crippen LogP contribution in [0.1, 0.15) is 44.2 Å². The van der Waals surface area contributed by atoms with Crippen molar-refractivity contribution in [3.05, 3.63) is 50.7 Å². The van der Waals surface area contributed by atoms with E-state index < -0.39 is 0 Å². The molecule has 4 heteroatoms. The normalized spacial score (nSPS) is 12.0. The quantitative estimate of drug-likeness (QED) is 0.837. The average molecular weight is 303 g/mol. The van der Waals surface area contributed by atoms with Crippen LogP contribution in [0.25, 0.3) is 0 Å². The van der Waals surface area contributed by atoms with E-state index in [9.17, 15) is 4.79 Å². The maximum absolute atomic E-state index is 11.6. The number of thiophene rings is 1. The second kappa shape index (κ2) is 6.31. The summed E-state index contributed by atoms with van der Waals surface area (Å²) in [6, 6.07) is 7.99. The van der Waals surface area contributed by atoms with Crippen molar-refractivity contribution in [3.63, 3.8) is 0 Å². The molecule has 0 fully saturated rings. The van der Waals surface area contributed by atoms with Crippen LogP contribution >= 0.6 is 11.3 Å². The molecule has 0 amide bonds. The summed E-state index contributed by atoms with van der Waals surface area (Å²) in [5, 5.41) is 3.50. The molecule has 0 spiro atoms. The van der Waals surface area contributed by atoms with Crippen molar-refractivity contribution < 1.29 is 9.53 Å². The highest BCUT2D eigenvalue weighted by Gasteiger charge is 2.14. The van der Waals surface area contributed by atoms with Crippen LogP contribution in [0.15, 0.2) is 24.3 Å². The van der Waals surface area contributed by atoms with E-state index in [0.717, 1.165) is 11.3 Å². The summed E-state index contributed by atoms with van der Waals surface area (Å²) in [7, 11) is 1.40. The van der Waals surface area contributed by atoms with Crippen molar-refractivity contribution in [1.82, 2.24) is 0 Å². The number of ether oxygens (including phenoxy) is 1. The van der Waals surface area contributed by atoms with Crippen LogP contribution < -0.4 is 5.32 Å². The van der Waals surface area contributed by atoms with Gasteiger partial charge in [0.05, 0.1) is 12.7 Å². The minimum Gasteiger partial charge on any atom is -0.465 e. The zero-order valence-electron chi connectivity index (χ0n) is 13.1. The first-order valence-electron chi connectivity index (χ1n) is 6.94. The number of aryl methyl sites for hydroxylation is 3. The van der Waals surface area contributed by atoms with Crippen LogP contribution in [0.5, 0.6) is 0 Å². The average Bonchev–Trinajstić information content (AvgIpc) is 2.79. The highest BCUT2D eigenvalue weighted by atomic mass is 32.1. The lowest BCUT2D eigenvalue weighted by molar-refractivity contribution is 0.0601. The van der Waals surface area contributed by atoms with Gasteiger partial charge in [-0.1, -0.05) is 6.07 Å². The Bertz CT molecular complexity index is 661. The van der Waals surface area contributed by atoms with E-state index in [0.29, 0.717) is 5.56 Å². The van der Waals surface area contributed by atoms with Gasteiger partial charge >= 0.3 is 5.97 Å². The molecule has 2 rings (SSSR count). The Labute approximate surface area is 130 Å². The zero-order valence-corrected chi connectivity index (χ0v) is 13.9. The largest absolute Gasteiger partial charge is 0.465 e. The smallest absolute Gasteiger partial charge is 0.337 e. The van der Waals surface area contributed by atoms with E-state index in [1.165, 1.54) is 22.4 Å². The molecular formula is C17H21NO2S. The van der Waals surface area contributed by atoms with E-state index >= 15 is 0 Å². The van der Waals surface area contributed by atoms with E-state index in [1.807, 2.05) is 30.4 Å². The highest BCUT2D eigenvalue weighted by molar-refractivity contribution is 7.12. The lowest BCUT2D eigenvalue weighted by Gasteiger charge is -2.18. The fourth-order valence-corrected chi connectivity index (χ4v) is 3.44. The molecular weight excluding hydrogens is 282 g/mol. The number of benzene rings is 1. The molecule has 1 N–H and O–H groups in total. The van der Waals surface area contributed by atoms with Gasteiger partial charge in [0.2, 0.25) is 0 Å². The molecule has 21 heavy (non-hydrogen) atoms. The summed E-state index contributed by atoms with van der Waals surface area (Å²) in [4.78, 5) is 14.3. The summed E-state index contributed by atoms with van der Waals surface area (Å²) in [5.74, 6) is -0.312. The fraction of sp³-hybridized carbons (Fsp3) is 0.353. The third-order valence-corrected chi connectivity index (χ3v) is 4.56. The molecule has 2 aromatic rings. The molecule has 1 heterocycles. The van der Waals surface area contributed by atoms with E-state index in [1.54, 1.807) is 6.07 Å². The van der Waals surface area contributed by atoms with Gasteiger partial charge in [0.25, 0.3) is 0 Å². The predicted molar refractivity (Wildman–Crippen MR) is 88.3 cm³/mol. The Hall–Kier alpha value is -1.81. The van der Waals surface area contributed by atoms with Gasteiger partial charge in [-0.2, -0.15) is 0 Å². The molecule has 0 aliphatic carbocycles. The second-order valence-electron chi connectivity index (χ2n) is 5.26. The van der Waals surface area contributed by atoms with Gasteiger partial charge in [-0.3, -0.25) is 0 Å². The van der Waals surface area contributed by atoms with Crippen molar-refractivity contribution in [3.8, 4) is 0 Å². The summed E-state index contributed by atoms with van der Waals surface area (Å²) in [5.41, 5.74) is 3.95. The van der Waals surface area contributed by atoms with Crippen molar-refractivity contribution in [1.29, 1.82) is 0 Å². The standard InChI is InChI=1S/C17H21NO2S/c1-10-6-7-14(17(19)20-5)9-16(10)18-12(3)15-8-11(2)21-13(15)4/h6-9,12,18H,1-5H3. The maximum atomic E-state index is 11.6. The lowest BCUT2D eigenvalue weighted by atomic mass is 10.1. The molecule has 1 aromatic heterocycles. The molecule has 112 valence electrons. The number of esters is 1. The van der Waals surface area contributed by atoms with Gasteiger partial charge in [0, 0.05) is 21.5 Å². The van der Waals surface area contributed by atoms with E-state index in [-0.39, 0.29) is 12.0 Å². The van der Waals surface area contributed by atoms with Gasteiger partial charge in [0.15, 0.2) is 0 Å². The van der Waals surface area contributed by atoms with Gasteiger partial charge in [-0.25, -0.2) is 4.79 Å². The molecule has 0 radical (unpaired) electrons. The Morgan fingerprint density at radius 1 is 1.24 bits per heavy atom. The van der Waals surface area contributed by atoms with Crippen molar-refractivity contribution >= 4 is 23.0 Å². The SMILES string of the molecule is COC(=O)c1ccc(C)c(NC(C)c2cc(C)sc2C)c1. The number of nitrogens with one attached hydrogen (secondary N) is 1. The Balaban J connectivity index is 2.26. The molecule has 1 aromatic carbocycles. The van der Waals surface area contributed by atoms with Crippen molar-refractivity contribution in [2.24, 2.45) is 0 Å². The number of methoxy groups -OCH3 is 1. The summed E-state index contributed by atoms with van der Waals surface area (Å²) < 4.78 is 4.78. The molecule has 3 nitrogen and oxygen atoms in total. The first kappa shape index (κ1) is 15.6. The minimum atomic E-state index is -0.312. The van der Waals surface area contributed by atoms with E-state index in [2.05, 4.69) is 32.2 Å². The van der Waals surface area contributed by atoms with Gasteiger partial charge in [-0.15, -0.1) is 11.3 Å². The lowest BCUT2D eigenvalue weighted by Crippen LogP contribution is -2.09. The molecule has 0 saturated carbocycles. The van der Waals surface area contributed by atoms with Crippen molar-refractivity contribution in [2.45, 2.75) is 33.7 Å². The van der Waals surface area contributed by atoms with Crippen LogP contribution in [-0.2, 0) is 4.74 Å². The number of hydrogen-bond donors (Lipinski definition) is 1. The molecule has 0 aliphatic heterocycles. The highest BCUT2D eigenvalue weighted by Crippen LogP contribution is 2.29. The molecule has 1 unspecified atom stereocenters. The predicted octanol–water partition coefficient (Wildman–Crippen LogP) is 4.63. The maximum Gasteiger partial charge on any atom is 0.337 e. The van der Waals surface area contributed by atoms with E-state index in [4.69, 9.17) is 4.74 Å². The monoisotopic (exact) mass is 303 g/mol. The number of carbonyl (C=O) groups excluding carboxylic acids is 1. The van der Waals surface area contributed by atoms with Crippen LogP contribution in [0, 0.1) is 20.8 Å². The fourth-order valence-electron chi connectivity index (χ4n) is 2.41. The molecule has 0 saturated heterocycles. The van der Waals surface area contributed by atoms with Crippen LogP contribution in [0.2, 0.25) is 0 Å². The van der Waals surface area contributed by atoms with Crippen LogP contribution in [0.4, 0.5) is 5.69 Å². The Kier molecular flexibility index (Phi) is 4.68. The number of anilines is 1. The third-order valence-electron chi connectivity index (χ3n) is 3.58. The topological polar surface area (TPSA) is 38.3 Å². The first-order valence-corrected chi connectivity index (χ1v) is 7.76. The van der Waals surface area contributed by atoms with Crippen molar-refractivity contribution in [2.75, 3.05) is 12.4 Å². The van der Waals surface area contributed by atoms with Crippen LogP contribution in [0.3, 0.4) is 0 Å². The summed E-state index contributed by atoms with van der Waals surface area (Å²) in [6.45, 7) is 8.43. The zero-order chi connectivity index (χ0) is 15.6. The first-order chi connectivity index (χ1) is 9.92. The Morgan fingerprint density at radius 2 is 1.95 bits per heavy atom.